The monoisotopic (exact) mass is 474 g/mol. The highest BCUT2D eigenvalue weighted by Gasteiger charge is 2.29. The number of methoxy groups -OCH3 is 1. The highest BCUT2D eigenvalue weighted by atomic mass is 19.1. The predicted molar refractivity (Wildman–Crippen MR) is 134 cm³/mol. The molecule has 7 nitrogen and oxygen atoms in total. The van der Waals surface area contributed by atoms with Crippen LogP contribution in [0.2, 0.25) is 0 Å². The number of nitrogens with one attached hydrogen (secondary N) is 1. The summed E-state index contributed by atoms with van der Waals surface area (Å²) in [4.78, 5) is 33.5. The standard InChI is InChI=1S/C27H27FN4O3/c1-3-24(31(16-17-35-2)27(34)29-20-11-9-10-19(28)18-20)25-30-23-15-8-7-14-22(23)26(33)32(25)21-12-5-4-6-13-21/h4-15,18,24H,3,16-17H2,1-2H3,(H,29,34). The maximum Gasteiger partial charge on any atom is 0.322 e. The number of hydrogen-bond acceptors (Lipinski definition) is 4. The lowest BCUT2D eigenvalue weighted by molar-refractivity contribution is 0.131. The molecular weight excluding hydrogens is 447 g/mol. The summed E-state index contributed by atoms with van der Waals surface area (Å²) in [7, 11) is 1.55. The number of benzene rings is 3. The number of anilines is 1. The van der Waals surface area contributed by atoms with E-state index in [9.17, 15) is 14.0 Å². The van der Waals surface area contributed by atoms with Gasteiger partial charge < -0.3 is 15.0 Å². The second-order valence-electron chi connectivity index (χ2n) is 8.01. The molecule has 0 spiro atoms. The number of hydrogen-bond donors (Lipinski definition) is 1. The van der Waals surface area contributed by atoms with Crippen molar-refractivity contribution in [3.8, 4) is 5.69 Å². The molecule has 1 heterocycles. The zero-order valence-electron chi connectivity index (χ0n) is 19.6. The Morgan fingerprint density at radius 3 is 2.54 bits per heavy atom. The third-order valence-corrected chi connectivity index (χ3v) is 5.75. The van der Waals surface area contributed by atoms with E-state index >= 15 is 0 Å². The van der Waals surface area contributed by atoms with Crippen LogP contribution in [0.25, 0.3) is 16.6 Å². The van der Waals surface area contributed by atoms with E-state index in [1.807, 2.05) is 43.3 Å². The summed E-state index contributed by atoms with van der Waals surface area (Å²) in [6.45, 7) is 2.44. The van der Waals surface area contributed by atoms with Gasteiger partial charge >= 0.3 is 6.03 Å². The van der Waals surface area contributed by atoms with Crippen LogP contribution in [0, 0.1) is 5.82 Å². The van der Waals surface area contributed by atoms with Crippen molar-refractivity contribution in [3.05, 3.63) is 101 Å². The first-order valence-corrected chi connectivity index (χ1v) is 11.4. The van der Waals surface area contributed by atoms with Crippen molar-refractivity contribution in [2.75, 3.05) is 25.6 Å². The van der Waals surface area contributed by atoms with Crippen LogP contribution in [0.3, 0.4) is 0 Å². The van der Waals surface area contributed by atoms with Crippen molar-refractivity contribution < 1.29 is 13.9 Å². The fraction of sp³-hybridized carbons (Fsp3) is 0.222. The normalized spacial score (nSPS) is 11.9. The first-order valence-electron chi connectivity index (χ1n) is 11.4. The van der Waals surface area contributed by atoms with Crippen LogP contribution < -0.4 is 10.9 Å². The number of rotatable bonds is 8. The van der Waals surface area contributed by atoms with Gasteiger partial charge in [-0.15, -0.1) is 0 Å². The molecule has 3 aromatic carbocycles. The Hall–Kier alpha value is -4.04. The average molecular weight is 475 g/mol. The topological polar surface area (TPSA) is 76.5 Å². The number of aromatic nitrogens is 2. The molecule has 2 amide bonds. The number of carbonyl (C=O) groups excluding carboxylic acids is 1. The first kappa shape index (κ1) is 24.1. The molecule has 0 saturated heterocycles. The molecule has 0 bridgehead atoms. The summed E-state index contributed by atoms with van der Waals surface area (Å²) in [5, 5.41) is 3.25. The van der Waals surface area contributed by atoms with E-state index in [-0.39, 0.29) is 18.7 Å². The molecule has 180 valence electrons. The number of carbonyl (C=O) groups is 1. The van der Waals surface area contributed by atoms with Crippen LogP contribution in [0.4, 0.5) is 14.9 Å². The van der Waals surface area contributed by atoms with E-state index in [2.05, 4.69) is 5.32 Å². The predicted octanol–water partition coefficient (Wildman–Crippen LogP) is 5.16. The Morgan fingerprint density at radius 2 is 1.83 bits per heavy atom. The Morgan fingerprint density at radius 1 is 1.09 bits per heavy atom. The highest BCUT2D eigenvalue weighted by molar-refractivity contribution is 5.89. The van der Waals surface area contributed by atoms with Crippen LogP contribution in [0.1, 0.15) is 25.2 Å². The molecule has 0 fully saturated rings. The van der Waals surface area contributed by atoms with Gasteiger partial charge in [0.05, 0.1) is 29.2 Å². The minimum atomic E-state index is -0.559. The first-order chi connectivity index (χ1) is 17.0. The zero-order chi connectivity index (χ0) is 24.8. The molecule has 1 atom stereocenters. The van der Waals surface area contributed by atoms with Gasteiger partial charge in [0.1, 0.15) is 11.6 Å². The van der Waals surface area contributed by atoms with Gasteiger partial charge in [0.2, 0.25) is 0 Å². The molecular formula is C27H27FN4O3. The Labute approximate surface area is 202 Å². The summed E-state index contributed by atoms with van der Waals surface area (Å²) in [6.07, 6.45) is 0.484. The fourth-order valence-corrected chi connectivity index (χ4v) is 4.09. The van der Waals surface area contributed by atoms with Crippen molar-refractivity contribution in [2.45, 2.75) is 19.4 Å². The van der Waals surface area contributed by atoms with Crippen molar-refractivity contribution >= 4 is 22.6 Å². The Balaban J connectivity index is 1.85. The van der Waals surface area contributed by atoms with E-state index in [0.29, 0.717) is 34.5 Å². The molecule has 35 heavy (non-hydrogen) atoms. The summed E-state index contributed by atoms with van der Waals surface area (Å²) in [5.41, 5.74) is 1.32. The quantitative estimate of drug-likeness (QED) is 0.383. The van der Waals surface area contributed by atoms with Crippen LogP contribution >= 0.6 is 0 Å². The van der Waals surface area contributed by atoms with Gasteiger partial charge in [-0.05, 0) is 48.9 Å². The molecule has 1 unspecified atom stereocenters. The lowest BCUT2D eigenvalue weighted by Crippen LogP contribution is -2.42. The van der Waals surface area contributed by atoms with E-state index in [4.69, 9.17) is 9.72 Å². The van der Waals surface area contributed by atoms with E-state index in [1.54, 1.807) is 40.8 Å². The van der Waals surface area contributed by atoms with Gasteiger partial charge in [0, 0.05) is 19.3 Å². The maximum atomic E-state index is 13.7. The number of nitrogens with zero attached hydrogens (tertiary/aromatic N) is 3. The van der Waals surface area contributed by atoms with Crippen molar-refractivity contribution in [1.29, 1.82) is 0 Å². The van der Waals surface area contributed by atoms with Crippen LogP contribution in [-0.4, -0.2) is 40.7 Å². The van der Waals surface area contributed by atoms with Gasteiger partial charge in [-0.2, -0.15) is 0 Å². The number of amides is 2. The maximum absolute atomic E-state index is 13.7. The minimum Gasteiger partial charge on any atom is -0.383 e. The summed E-state index contributed by atoms with van der Waals surface area (Å²) in [5.74, 6) is -0.0136. The van der Waals surface area contributed by atoms with Crippen LogP contribution in [-0.2, 0) is 4.74 Å². The third-order valence-electron chi connectivity index (χ3n) is 5.75. The van der Waals surface area contributed by atoms with Gasteiger partial charge in [-0.25, -0.2) is 14.2 Å². The average Bonchev–Trinajstić information content (AvgIpc) is 2.87. The molecule has 0 aliphatic carbocycles. The molecule has 4 aromatic rings. The van der Waals surface area contributed by atoms with Gasteiger partial charge in [-0.3, -0.25) is 9.36 Å². The number of halogens is 1. The summed E-state index contributed by atoms with van der Waals surface area (Å²) in [6, 6.07) is 21.1. The molecule has 0 radical (unpaired) electrons. The van der Waals surface area contributed by atoms with Crippen molar-refractivity contribution in [1.82, 2.24) is 14.5 Å². The third kappa shape index (κ3) is 5.22. The SMILES string of the molecule is CCC(c1nc2ccccc2c(=O)n1-c1ccccc1)N(CCOC)C(=O)Nc1cccc(F)c1. The van der Waals surface area contributed by atoms with E-state index in [0.717, 1.165) is 0 Å². The molecule has 0 aliphatic rings. The zero-order valence-corrected chi connectivity index (χ0v) is 19.6. The number of ether oxygens (including phenoxy) is 1. The number of fused-ring (bicyclic) bond motifs is 1. The minimum absolute atomic E-state index is 0.215. The van der Waals surface area contributed by atoms with E-state index < -0.39 is 17.9 Å². The lowest BCUT2D eigenvalue weighted by Gasteiger charge is -2.32. The van der Waals surface area contributed by atoms with Crippen LogP contribution in [0.5, 0.6) is 0 Å². The van der Waals surface area contributed by atoms with Crippen molar-refractivity contribution in [3.63, 3.8) is 0 Å². The lowest BCUT2D eigenvalue weighted by atomic mass is 10.1. The fourth-order valence-electron chi connectivity index (χ4n) is 4.09. The van der Waals surface area contributed by atoms with E-state index in [1.165, 1.54) is 18.2 Å². The molecule has 4 rings (SSSR count). The molecule has 0 saturated carbocycles. The largest absolute Gasteiger partial charge is 0.383 e. The highest BCUT2D eigenvalue weighted by Crippen LogP contribution is 2.27. The smallest absolute Gasteiger partial charge is 0.322 e. The van der Waals surface area contributed by atoms with Gasteiger partial charge in [0.15, 0.2) is 0 Å². The van der Waals surface area contributed by atoms with Crippen LogP contribution in [0.15, 0.2) is 83.7 Å². The second-order valence-corrected chi connectivity index (χ2v) is 8.01. The molecule has 8 heteroatoms. The van der Waals surface area contributed by atoms with Crippen molar-refractivity contribution in [2.24, 2.45) is 0 Å². The molecule has 1 aromatic heterocycles. The summed E-state index contributed by atoms with van der Waals surface area (Å²) < 4.78 is 20.5. The molecule has 1 N–H and O–H groups in total. The second kappa shape index (κ2) is 10.9. The summed E-state index contributed by atoms with van der Waals surface area (Å²) >= 11 is 0. The Kier molecular flexibility index (Phi) is 7.52. The molecule has 0 aliphatic heterocycles. The van der Waals surface area contributed by atoms with Gasteiger partial charge in [0.25, 0.3) is 5.56 Å². The van der Waals surface area contributed by atoms with Gasteiger partial charge in [-0.1, -0.05) is 43.3 Å². The number of para-hydroxylation sites is 2. The number of urea groups is 1. The Bertz CT molecular complexity index is 1370.